The van der Waals surface area contributed by atoms with Gasteiger partial charge in [-0.2, -0.15) is 5.10 Å². The number of para-hydroxylation sites is 1. The molecule has 0 atom stereocenters. The van der Waals surface area contributed by atoms with Crippen molar-refractivity contribution >= 4 is 39.3 Å². The first-order chi connectivity index (χ1) is 20.1. The normalized spacial score (nSPS) is 12.2. The minimum absolute atomic E-state index is 0.0417. The van der Waals surface area contributed by atoms with Crippen LogP contribution in [0.2, 0.25) is 5.02 Å². The highest BCUT2D eigenvalue weighted by Crippen LogP contribution is 2.47. The number of ether oxygens (including phenoxy) is 1. The molecule has 3 heterocycles. The van der Waals surface area contributed by atoms with E-state index in [4.69, 9.17) is 26.4 Å². The summed E-state index contributed by atoms with van der Waals surface area (Å²) in [7, 11) is 1.64. The van der Waals surface area contributed by atoms with Gasteiger partial charge in [0.15, 0.2) is 11.4 Å². The molecule has 0 bridgehead atoms. The van der Waals surface area contributed by atoms with Crippen LogP contribution in [-0.4, -0.2) is 32.6 Å². The molecule has 0 aliphatic heterocycles. The quantitative estimate of drug-likeness (QED) is 0.239. The van der Waals surface area contributed by atoms with Gasteiger partial charge in [-0.25, -0.2) is 9.67 Å². The Morgan fingerprint density at radius 3 is 2.29 bits per heavy atom. The second-order valence-corrected chi connectivity index (χ2v) is 10.4. The fourth-order valence-electron chi connectivity index (χ4n) is 5.85. The Morgan fingerprint density at radius 1 is 0.780 bits per heavy atom. The molecule has 3 aromatic heterocycles. The molecule has 0 fully saturated rings. The largest absolute Gasteiger partial charge is 0.497 e. The molecular weight excluding hydrogens is 532 g/mol. The van der Waals surface area contributed by atoms with E-state index in [2.05, 4.69) is 11.1 Å². The predicted octanol–water partition coefficient (Wildman–Crippen LogP) is 8.11. The lowest BCUT2D eigenvalue weighted by atomic mass is 9.93. The van der Waals surface area contributed by atoms with Crippen molar-refractivity contribution in [1.82, 2.24) is 19.7 Å². The molecule has 1 aliphatic rings. The van der Waals surface area contributed by atoms with Gasteiger partial charge in [-0.15, -0.1) is 0 Å². The van der Waals surface area contributed by atoms with E-state index in [0.29, 0.717) is 27.5 Å². The van der Waals surface area contributed by atoms with Crippen LogP contribution < -0.4 is 4.74 Å². The Hall–Kier alpha value is -5.20. The zero-order chi connectivity index (χ0) is 27.7. The van der Waals surface area contributed by atoms with E-state index < -0.39 is 0 Å². The molecule has 0 amide bonds. The molecule has 4 aromatic carbocycles. The highest BCUT2D eigenvalue weighted by atomic mass is 35.5. The van der Waals surface area contributed by atoms with Gasteiger partial charge in [-0.1, -0.05) is 66.2 Å². The van der Waals surface area contributed by atoms with Crippen LogP contribution in [0.1, 0.15) is 15.9 Å². The summed E-state index contributed by atoms with van der Waals surface area (Å²) in [6, 6.07) is 31.1. The average molecular weight is 553 g/mol. The summed E-state index contributed by atoms with van der Waals surface area (Å²) in [6.07, 6.45) is 1.97. The van der Waals surface area contributed by atoms with E-state index in [-0.39, 0.29) is 5.78 Å². The Morgan fingerprint density at radius 2 is 1.51 bits per heavy atom. The number of H-pyrrole nitrogens is 1. The van der Waals surface area contributed by atoms with Crippen LogP contribution in [0, 0.1) is 0 Å². The summed E-state index contributed by atoms with van der Waals surface area (Å²) < 4.78 is 7.30. The van der Waals surface area contributed by atoms with Gasteiger partial charge in [0.2, 0.25) is 0 Å². The van der Waals surface area contributed by atoms with Crippen LogP contribution in [0.4, 0.5) is 0 Å². The number of nitrogens with one attached hydrogen (secondary N) is 1. The maximum absolute atomic E-state index is 14.1. The van der Waals surface area contributed by atoms with Gasteiger partial charge in [0.05, 0.1) is 29.4 Å². The first kappa shape index (κ1) is 23.7. The Balaban J connectivity index is 1.56. The maximum atomic E-state index is 14.1. The lowest BCUT2D eigenvalue weighted by Crippen LogP contribution is -2.02. The highest BCUT2D eigenvalue weighted by molar-refractivity contribution is 6.30. The van der Waals surface area contributed by atoms with Gasteiger partial charge >= 0.3 is 0 Å². The van der Waals surface area contributed by atoms with Gasteiger partial charge in [0.1, 0.15) is 11.4 Å². The molecule has 1 N–H and O–H groups in total. The van der Waals surface area contributed by atoms with Crippen molar-refractivity contribution in [3.63, 3.8) is 0 Å². The number of ketones is 1. The third kappa shape index (κ3) is 3.47. The zero-order valence-corrected chi connectivity index (χ0v) is 22.6. The van der Waals surface area contributed by atoms with E-state index in [1.807, 2.05) is 102 Å². The molecule has 0 saturated heterocycles. The molecule has 0 unspecified atom stereocenters. The second-order valence-electron chi connectivity index (χ2n) is 10.00. The average Bonchev–Trinajstić information content (AvgIpc) is 3.69. The standard InChI is InChI=1S/C34H21ClN4O2/c1-41-22-16-10-19(11-17-22)28-29-31(24-7-2-3-8-25(24)33(29)40)37-34-30(28)32(26-18-36-27-9-5-4-6-23(26)27)38-39(34)21-14-12-20(35)13-15-21/h2-18,36H,1H3. The van der Waals surface area contributed by atoms with E-state index in [1.165, 1.54) is 0 Å². The third-order valence-corrected chi connectivity index (χ3v) is 8.02. The van der Waals surface area contributed by atoms with Crippen molar-refractivity contribution in [1.29, 1.82) is 0 Å². The van der Waals surface area contributed by atoms with Gasteiger partial charge in [0.25, 0.3) is 0 Å². The van der Waals surface area contributed by atoms with E-state index >= 15 is 0 Å². The number of hydrogen-bond acceptors (Lipinski definition) is 4. The minimum Gasteiger partial charge on any atom is -0.497 e. The number of halogens is 1. The number of carbonyl (C=O) groups excluding carboxylic acids is 1. The number of nitrogens with zero attached hydrogens (tertiary/aromatic N) is 3. The third-order valence-electron chi connectivity index (χ3n) is 7.76. The molecule has 0 spiro atoms. The molecular formula is C34H21ClN4O2. The number of benzene rings is 4. The van der Waals surface area contributed by atoms with Crippen molar-refractivity contribution in [3.8, 4) is 45.1 Å². The first-order valence-electron chi connectivity index (χ1n) is 13.2. The Bertz CT molecular complexity index is 2160. The van der Waals surface area contributed by atoms with Crippen molar-refractivity contribution in [3.05, 3.63) is 119 Å². The van der Waals surface area contributed by atoms with Crippen LogP contribution >= 0.6 is 11.6 Å². The number of carbonyl (C=O) groups is 1. The van der Waals surface area contributed by atoms with Crippen LogP contribution in [0.5, 0.6) is 5.75 Å². The van der Waals surface area contributed by atoms with E-state index in [1.54, 1.807) is 7.11 Å². The SMILES string of the molecule is COc1ccc(-c2c3c(nc4c2c(-c2c[nH]c5ccccc25)nn4-c2ccc(Cl)cc2)-c2ccccc2C3=O)cc1. The monoisotopic (exact) mass is 552 g/mol. The fourth-order valence-corrected chi connectivity index (χ4v) is 5.98. The van der Waals surface area contributed by atoms with Gasteiger partial charge in [-0.3, -0.25) is 4.79 Å². The number of aromatic amines is 1. The Labute approximate surface area is 239 Å². The summed E-state index contributed by atoms with van der Waals surface area (Å²) in [5.41, 5.74) is 8.53. The van der Waals surface area contributed by atoms with Crippen molar-refractivity contribution in [2.24, 2.45) is 0 Å². The van der Waals surface area contributed by atoms with Crippen molar-refractivity contribution in [2.75, 3.05) is 7.11 Å². The van der Waals surface area contributed by atoms with Crippen LogP contribution in [0.25, 0.3) is 61.3 Å². The van der Waals surface area contributed by atoms with E-state index in [0.717, 1.165) is 55.7 Å². The number of aromatic nitrogens is 4. The zero-order valence-electron chi connectivity index (χ0n) is 21.9. The predicted molar refractivity (Wildman–Crippen MR) is 162 cm³/mol. The van der Waals surface area contributed by atoms with Crippen molar-refractivity contribution < 1.29 is 9.53 Å². The molecule has 41 heavy (non-hydrogen) atoms. The summed E-state index contributed by atoms with van der Waals surface area (Å²) in [5, 5.41) is 7.65. The molecule has 0 radical (unpaired) electrons. The summed E-state index contributed by atoms with van der Waals surface area (Å²) in [4.78, 5) is 22.6. The first-order valence-corrected chi connectivity index (χ1v) is 13.6. The number of fused-ring (bicyclic) bond motifs is 5. The number of methoxy groups -OCH3 is 1. The summed E-state index contributed by atoms with van der Waals surface area (Å²) >= 11 is 6.25. The molecule has 1 aliphatic carbocycles. The highest BCUT2D eigenvalue weighted by Gasteiger charge is 2.35. The van der Waals surface area contributed by atoms with Crippen molar-refractivity contribution in [2.45, 2.75) is 0 Å². The molecule has 8 rings (SSSR count). The van der Waals surface area contributed by atoms with Crippen LogP contribution in [-0.2, 0) is 0 Å². The molecule has 7 heteroatoms. The van der Waals surface area contributed by atoms with Gasteiger partial charge in [-0.05, 0) is 48.0 Å². The molecule has 0 saturated carbocycles. The minimum atomic E-state index is -0.0417. The topological polar surface area (TPSA) is 72.8 Å². The van der Waals surface area contributed by atoms with Gasteiger partial charge < -0.3 is 9.72 Å². The number of hydrogen-bond donors (Lipinski definition) is 1. The smallest absolute Gasteiger partial charge is 0.196 e. The maximum Gasteiger partial charge on any atom is 0.196 e. The molecule has 7 aromatic rings. The van der Waals surface area contributed by atoms with Crippen LogP contribution in [0.15, 0.2) is 103 Å². The lowest BCUT2D eigenvalue weighted by Gasteiger charge is -2.12. The fraction of sp³-hybridized carbons (Fsp3) is 0.0294. The summed E-state index contributed by atoms with van der Waals surface area (Å²) in [5.74, 6) is 0.693. The molecule has 6 nitrogen and oxygen atoms in total. The molecule has 196 valence electrons. The summed E-state index contributed by atoms with van der Waals surface area (Å²) in [6.45, 7) is 0. The number of pyridine rings is 1. The van der Waals surface area contributed by atoms with Crippen LogP contribution in [0.3, 0.4) is 0 Å². The van der Waals surface area contributed by atoms with E-state index in [9.17, 15) is 4.79 Å². The Kier molecular flexibility index (Phi) is 5.14. The van der Waals surface area contributed by atoms with Gasteiger partial charge in [0, 0.05) is 44.4 Å². The number of rotatable bonds is 4. The lowest BCUT2D eigenvalue weighted by molar-refractivity contribution is 0.104. The second kappa shape index (κ2) is 8.91.